The van der Waals surface area contributed by atoms with Gasteiger partial charge in [0.15, 0.2) is 0 Å². The van der Waals surface area contributed by atoms with Crippen molar-refractivity contribution >= 4 is 23.5 Å². The molecule has 0 radical (unpaired) electrons. The summed E-state index contributed by atoms with van der Waals surface area (Å²) in [5, 5.41) is 4.98. The van der Waals surface area contributed by atoms with Crippen LogP contribution in [-0.2, 0) is 6.61 Å². The molecular formula is C21H19ClN2O. The predicted molar refractivity (Wildman–Crippen MR) is 105 cm³/mol. The van der Waals surface area contributed by atoms with Crippen LogP contribution in [-0.4, -0.2) is 6.21 Å². The molecule has 0 bridgehead atoms. The Morgan fingerprint density at radius 3 is 2.60 bits per heavy atom. The highest BCUT2D eigenvalue weighted by atomic mass is 35.5. The number of anilines is 1. The van der Waals surface area contributed by atoms with Crippen LogP contribution in [0, 0.1) is 6.92 Å². The van der Waals surface area contributed by atoms with Crippen LogP contribution in [0.5, 0.6) is 5.75 Å². The molecule has 0 saturated heterocycles. The van der Waals surface area contributed by atoms with Crippen molar-refractivity contribution in [3.05, 3.63) is 94.5 Å². The van der Waals surface area contributed by atoms with Crippen LogP contribution in [0.25, 0.3) is 0 Å². The molecule has 4 heteroatoms. The highest BCUT2D eigenvalue weighted by Crippen LogP contribution is 2.16. The smallest absolute Gasteiger partial charge is 0.120 e. The lowest BCUT2D eigenvalue weighted by atomic mass is 10.2. The Kier molecular flexibility index (Phi) is 5.70. The molecule has 0 amide bonds. The van der Waals surface area contributed by atoms with Crippen molar-refractivity contribution < 1.29 is 4.74 Å². The van der Waals surface area contributed by atoms with Gasteiger partial charge in [0.05, 0.1) is 11.9 Å². The molecule has 0 fully saturated rings. The molecule has 3 nitrogen and oxygen atoms in total. The molecule has 3 rings (SSSR count). The second-order valence-corrected chi connectivity index (χ2v) is 6.16. The van der Waals surface area contributed by atoms with Gasteiger partial charge in [-0.15, -0.1) is 0 Å². The topological polar surface area (TPSA) is 33.6 Å². The molecule has 25 heavy (non-hydrogen) atoms. The first-order chi connectivity index (χ1) is 12.2. The quantitative estimate of drug-likeness (QED) is 0.458. The fraction of sp³-hybridized carbons (Fsp3) is 0.0952. The second-order valence-electron chi connectivity index (χ2n) is 5.73. The molecule has 3 aromatic rings. The Balaban J connectivity index is 1.59. The minimum Gasteiger partial charge on any atom is -0.489 e. The zero-order chi connectivity index (χ0) is 17.5. The number of hydrazone groups is 1. The maximum absolute atomic E-state index is 5.99. The fourth-order valence-electron chi connectivity index (χ4n) is 2.29. The zero-order valence-corrected chi connectivity index (χ0v) is 14.7. The number of hydrogen-bond donors (Lipinski definition) is 1. The summed E-state index contributed by atoms with van der Waals surface area (Å²) in [6.07, 6.45) is 1.77. The molecule has 0 spiro atoms. The van der Waals surface area contributed by atoms with Gasteiger partial charge < -0.3 is 4.74 Å². The third kappa shape index (κ3) is 5.37. The summed E-state index contributed by atoms with van der Waals surface area (Å²) in [6.45, 7) is 2.53. The van der Waals surface area contributed by atoms with Gasteiger partial charge in [0.25, 0.3) is 0 Å². The first kappa shape index (κ1) is 17.1. The van der Waals surface area contributed by atoms with E-state index in [1.807, 2.05) is 72.8 Å². The molecule has 0 unspecified atom stereocenters. The maximum atomic E-state index is 5.99. The molecular weight excluding hydrogens is 332 g/mol. The van der Waals surface area contributed by atoms with E-state index in [-0.39, 0.29) is 0 Å². The van der Waals surface area contributed by atoms with E-state index in [9.17, 15) is 0 Å². The number of aryl methyl sites for hydroxylation is 1. The van der Waals surface area contributed by atoms with E-state index in [1.165, 1.54) is 5.56 Å². The zero-order valence-electron chi connectivity index (χ0n) is 13.9. The van der Waals surface area contributed by atoms with Gasteiger partial charge in [0.1, 0.15) is 12.4 Å². The Labute approximate surface area is 152 Å². The predicted octanol–water partition coefficient (Wildman–Crippen LogP) is 5.67. The van der Waals surface area contributed by atoms with Crippen molar-refractivity contribution in [2.45, 2.75) is 13.5 Å². The molecule has 0 aliphatic heterocycles. The Morgan fingerprint density at radius 1 is 1.00 bits per heavy atom. The summed E-state index contributed by atoms with van der Waals surface area (Å²) < 4.78 is 5.82. The molecule has 0 aliphatic carbocycles. The largest absolute Gasteiger partial charge is 0.489 e. The van der Waals surface area contributed by atoms with Crippen molar-refractivity contribution in [3.8, 4) is 5.75 Å². The van der Waals surface area contributed by atoms with Gasteiger partial charge in [-0.3, -0.25) is 5.43 Å². The molecule has 3 aromatic carbocycles. The maximum Gasteiger partial charge on any atom is 0.120 e. The monoisotopic (exact) mass is 350 g/mol. The number of nitrogens with one attached hydrogen (secondary N) is 1. The van der Waals surface area contributed by atoms with E-state index >= 15 is 0 Å². The molecule has 0 atom stereocenters. The van der Waals surface area contributed by atoms with Gasteiger partial charge in [0, 0.05) is 5.02 Å². The normalized spacial score (nSPS) is 10.8. The minimum atomic E-state index is 0.475. The molecule has 1 N–H and O–H groups in total. The molecule has 0 aliphatic rings. The first-order valence-electron chi connectivity index (χ1n) is 8.02. The number of nitrogens with zero attached hydrogens (tertiary/aromatic N) is 1. The molecule has 0 aromatic heterocycles. The van der Waals surface area contributed by atoms with E-state index in [4.69, 9.17) is 16.3 Å². The number of ether oxygens (including phenoxy) is 1. The lowest BCUT2D eigenvalue weighted by Crippen LogP contribution is -1.96. The third-order valence-electron chi connectivity index (χ3n) is 3.61. The standard InChI is InChI=1S/C21H19ClN2O/c1-16-8-10-20(11-9-16)24-23-14-17-4-3-7-21(13-17)25-15-18-5-2-6-19(22)12-18/h2-14,24H,15H2,1H3. The van der Waals surface area contributed by atoms with Gasteiger partial charge in [-0.25, -0.2) is 0 Å². The number of hydrogen-bond acceptors (Lipinski definition) is 3. The molecule has 126 valence electrons. The summed E-state index contributed by atoms with van der Waals surface area (Å²) in [5.74, 6) is 0.791. The van der Waals surface area contributed by atoms with Crippen molar-refractivity contribution in [1.82, 2.24) is 0 Å². The summed E-state index contributed by atoms with van der Waals surface area (Å²) >= 11 is 5.99. The van der Waals surface area contributed by atoms with Gasteiger partial charge in [0.2, 0.25) is 0 Å². The minimum absolute atomic E-state index is 0.475. The summed E-state index contributed by atoms with van der Waals surface area (Å²) in [5.41, 5.74) is 7.19. The van der Waals surface area contributed by atoms with Crippen molar-refractivity contribution in [3.63, 3.8) is 0 Å². The molecule has 0 heterocycles. The second kappa shape index (κ2) is 8.36. The van der Waals surface area contributed by atoms with Gasteiger partial charge in [-0.05, 0) is 54.4 Å². The molecule has 0 saturated carbocycles. The average molecular weight is 351 g/mol. The Hall–Kier alpha value is -2.78. The summed E-state index contributed by atoms with van der Waals surface area (Å²) in [7, 11) is 0. The number of rotatable bonds is 6. The van der Waals surface area contributed by atoms with Crippen LogP contribution in [0.3, 0.4) is 0 Å². The Bertz CT molecular complexity index is 860. The van der Waals surface area contributed by atoms with E-state index in [1.54, 1.807) is 6.21 Å². The number of halogens is 1. The van der Waals surface area contributed by atoms with Crippen LogP contribution in [0.1, 0.15) is 16.7 Å². The van der Waals surface area contributed by atoms with Crippen LogP contribution in [0.4, 0.5) is 5.69 Å². The summed E-state index contributed by atoms with van der Waals surface area (Å²) in [4.78, 5) is 0. The fourth-order valence-corrected chi connectivity index (χ4v) is 2.50. The summed E-state index contributed by atoms with van der Waals surface area (Å²) in [6, 6.07) is 23.5. The first-order valence-corrected chi connectivity index (χ1v) is 8.40. The average Bonchev–Trinajstić information content (AvgIpc) is 2.62. The van der Waals surface area contributed by atoms with Crippen LogP contribution in [0.15, 0.2) is 77.9 Å². The lowest BCUT2D eigenvalue weighted by molar-refractivity contribution is 0.306. The SMILES string of the molecule is Cc1ccc(NN=Cc2cccc(OCc3cccc(Cl)c3)c2)cc1. The Morgan fingerprint density at radius 2 is 1.80 bits per heavy atom. The van der Waals surface area contributed by atoms with Crippen LogP contribution >= 0.6 is 11.6 Å². The van der Waals surface area contributed by atoms with Crippen LogP contribution < -0.4 is 10.2 Å². The third-order valence-corrected chi connectivity index (χ3v) is 3.85. The van der Waals surface area contributed by atoms with E-state index < -0.39 is 0 Å². The van der Waals surface area contributed by atoms with Crippen molar-refractivity contribution in [1.29, 1.82) is 0 Å². The van der Waals surface area contributed by atoms with E-state index in [0.29, 0.717) is 11.6 Å². The van der Waals surface area contributed by atoms with Crippen LogP contribution in [0.2, 0.25) is 5.02 Å². The van der Waals surface area contributed by atoms with Gasteiger partial charge >= 0.3 is 0 Å². The van der Waals surface area contributed by atoms with E-state index in [2.05, 4.69) is 17.5 Å². The van der Waals surface area contributed by atoms with Crippen molar-refractivity contribution in [2.24, 2.45) is 5.10 Å². The van der Waals surface area contributed by atoms with Gasteiger partial charge in [-0.2, -0.15) is 5.10 Å². The van der Waals surface area contributed by atoms with E-state index in [0.717, 1.165) is 22.6 Å². The lowest BCUT2D eigenvalue weighted by Gasteiger charge is -2.07. The van der Waals surface area contributed by atoms with Crippen molar-refractivity contribution in [2.75, 3.05) is 5.43 Å². The van der Waals surface area contributed by atoms with Gasteiger partial charge in [-0.1, -0.05) is 53.6 Å². The number of benzene rings is 3. The highest BCUT2D eigenvalue weighted by molar-refractivity contribution is 6.30. The highest BCUT2D eigenvalue weighted by Gasteiger charge is 1.98.